The van der Waals surface area contributed by atoms with Gasteiger partial charge in [0.1, 0.15) is 17.2 Å². The fraction of sp³-hybridized carbons (Fsp3) is 0.0588. The van der Waals surface area contributed by atoms with E-state index >= 15 is 0 Å². The van der Waals surface area contributed by atoms with Gasteiger partial charge in [-0.15, -0.1) is 0 Å². The second-order valence-corrected chi connectivity index (χ2v) is 5.51. The molecule has 0 unspecified atom stereocenters. The average molecular weight is 393 g/mol. The van der Waals surface area contributed by atoms with E-state index in [0.29, 0.717) is 0 Å². The molecule has 144 valence electrons. The van der Waals surface area contributed by atoms with Crippen molar-refractivity contribution in [2.75, 3.05) is 0 Å². The van der Waals surface area contributed by atoms with Crippen LogP contribution in [0.1, 0.15) is 17.0 Å². The molecule has 28 heavy (non-hydrogen) atoms. The van der Waals surface area contributed by atoms with E-state index in [9.17, 15) is 32.9 Å². The van der Waals surface area contributed by atoms with Gasteiger partial charge in [-0.25, -0.2) is 4.79 Å². The summed E-state index contributed by atoms with van der Waals surface area (Å²) in [6.07, 6.45) is -2.35. The molecule has 0 spiro atoms. The molecule has 0 aliphatic carbocycles. The topological polar surface area (TPSA) is 122 Å². The van der Waals surface area contributed by atoms with Crippen LogP contribution in [-0.2, 0) is 6.18 Å². The molecular weight excluding hydrogens is 383 g/mol. The number of nitrogens with zero attached hydrogens (tertiary/aromatic N) is 1. The number of hydrogen-bond acceptors (Lipinski definition) is 5. The zero-order valence-corrected chi connectivity index (χ0v) is 13.7. The molecule has 2 aromatic heterocycles. The van der Waals surface area contributed by atoms with Gasteiger partial charge in [0.25, 0.3) is 0 Å². The average Bonchev–Trinajstić information content (AvgIpc) is 3.07. The molecule has 1 aromatic carbocycles. The van der Waals surface area contributed by atoms with Gasteiger partial charge >= 0.3 is 23.1 Å². The Kier molecular flexibility index (Phi) is 4.74. The van der Waals surface area contributed by atoms with Gasteiger partial charge in [0.05, 0.1) is 10.5 Å². The Balaban J connectivity index is 1.99. The van der Waals surface area contributed by atoms with E-state index in [0.717, 1.165) is 12.1 Å². The van der Waals surface area contributed by atoms with Gasteiger partial charge < -0.3 is 9.40 Å². The summed E-state index contributed by atoms with van der Waals surface area (Å²) in [6.45, 7) is 0. The summed E-state index contributed by atoms with van der Waals surface area (Å²) in [7, 11) is 0. The van der Waals surface area contributed by atoms with Gasteiger partial charge in [0.15, 0.2) is 0 Å². The van der Waals surface area contributed by atoms with Gasteiger partial charge in [-0.05, 0) is 30.4 Å². The number of aromatic amines is 2. The molecule has 8 nitrogen and oxygen atoms in total. The zero-order valence-electron chi connectivity index (χ0n) is 13.7. The monoisotopic (exact) mass is 393 g/mol. The second-order valence-electron chi connectivity index (χ2n) is 5.51. The van der Waals surface area contributed by atoms with Crippen molar-refractivity contribution in [2.24, 2.45) is 0 Å². The molecule has 0 aliphatic heterocycles. The molecule has 0 saturated heterocycles. The number of alkyl halides is 3. The molecular formula is C17H10F3N3O5. The molecule has 2 N–H and O–H groups in total. The number of halogens is 3. The first kappa shape index (κ1) is 18.9. The molecule has 0 bridgehead atoms. The van der Waals surface area contributed by atoms with Crippen LogP contribution in [0.3, 0.4) is 0 Å². The standard InChI is InChI=1S/C17H10F3N3O5/c18-17(19,20)11-4-2-1-3-10(11)13-8-6-9(28-13)5-7-12-14(23(26)27)15(24)22-16(25)21-12/h1-8H,(H2,21,22,24,25)/b7-5-. The zero-order chi connectivity index (χ0) is 20.5. The summed E-state index contributed by atoms with van der Waals surface area (Å²) in [6, 6.07) is 7.48. The second kappa shape index (κ2) is 7.02. The maximum absolute atomic E-state index is 13.1. The Morgan fingerprint density at radius 3 is 2.43 bits per heavy atom. The summed E-state index contributed by atoms with van der Waals surface area (Å²) in [4.78, 5) is 36.7. The summed E-state index contributed by atoms with van der Waals surface area (Å²) in [5, 5.41) is 11.0. The maximum atomic E-state index is 13.1. The van der Waals surface area contributed by atoms with Crippen molar-refractivity contribution < 1.29 is 22.5 Å². The molecule has 0 saturated carbocycles. The van der Waals surface area contributed by atoms with Crippen LogP contribution in [0.4, 0.5) is 18.9 Å². The van der Waals surface area contributed by atoms with Crippen molar-refractivity contribution in [2.45, 2.75) is 6.18 Å². The minimum atomic E-state index is -4.58. The summed E-state index contributed by atoms with van der Waals surface area (Å²) >= 11 is 0. The Labute approximate surface area is 153 Å². The highest BCUT2D eigenvalue weighted by Gasteiger charge is 2.34. The van der Waals surface area contributed by atoms with Crippen LogP contribution in [-0.4, -0.2) is 14.9 Å². The van der Waals surface area contributed by atoms with Crippen LogP contribution >= 0.6 is 0 Å². The van der Waals surface area contributed by atoms with Gasteiger partial charge in [-0.1, -0.05) is 18.2 Å². The Hall–Kier alpha value is -3.89. The Morgan fingerprint density at radius 1 is 1.04 bits per heavy atom. The highest BCUT2D eigenvalue weighted by Crippen LogP contribution is 2.37. The molecule has 0 atom stereocenters. The van der Waals surface area contributed by atoms with Crippen molar-refractivity contribution >= 4 is 17.8 Å². The van der Waals surface area contributed by atoms with Gasteiger partial charge in [-0.2, -0.15) is 13.2 Å². The molecule has 3 rings (SSSR count). The van der Waals surface area contributed by atoms with Crippen LogP contribution in [0.2, 0.25) is 0 Å². The van der Waals surface area contributed by atoms with Gasteiger partial charge in [0.2, 0.25) is 0 Å². The first-order valence-corrected chi connectivity index (χ1v) is 7.62. The number of furan rings is 1. The fourth-order valence-electron chi connectivity index (χ4n) is 2.50. The third kappa shape index (κ3) is 3.77. The van der Waals surface area contributed by atoms with E-state index in [-0.39, 0.29) is 22.8 Å². The number of rotatable bonds is 4. The lowest BCUT2D eigenvalue weighted by atomic mass is 10.1. The van der Waals surface area contributed by atoms with E-state index in [4.69, 9.17) is 4.42 Å². The normalized spacial score (nSPS) is 11.8. The molecule has 0 fully saturated rings. The van der Waals surface area contributed by atoms with Crippen molar-refractivity contribution in [3.8, 4) is 11.3 Å². The van der Waals surface area contributed by atoms with Crippen molar-refractivity contribution in [1.29, 1.82) is 0 Å². The fourth-order valence-corrected chi connectivity index (χ4v) is 2.50. The predicted octanol–water partition coefficient (Wildman–Crippen LogP) is 3.42. The SMILES string of the molecule is O=c1[nH]c(/C=C\c2ccc(-c3ccccc3C(F)(F)F)o2)c([N+](=O)[O-])c(=O)[nH]1. The molecule has 3 aromatic rings. The highest BCUT2D eigenvalue weighted by molar-refractivity contribution is 5.71. The van der Waals surface area contributed by atoms with Crippen LogP contribution in [0.15, 0.2) is 50.4 Å². The molecule has 2 heterocycles. The molecule has 11 heteroatoms. The van der Waals surface area contributed by atoms with Crippen molar-refractivity contribution in [3.05, 3.63) is 84.4 Å². The van der Waals surface area contributed by atoms with Crippen LogP contribution < -0.4 is 11.2 Å². The van der Waals surface area contributed by atoms with Gasteiger partial charge in [-0.3, -0.25) is 19.9 Å². The number of nitro groups is 1. The van der Waals surface area contributed by atoms with E-state index < -0.39 is 33.6 Å². The quantitative estimate of drug-likeness (QED) is 0.520. The number of nitrogens with one attached hydrogen (secondary N) is 2. The molecule has 0 aliphatic rings. The largest absolute Gasteiger partial charge is 0.457 e. The lowest BCUT2D eigenvalue weighted by Crippen LogP contribution is -2.25. The smallest absolute Gasteiger partial charge is 0.417 e. The van der Waals surface area contributed by atoms with Crippen LogP contribution in [0.25, 0.3) is 23.5 Å². The molecule has 0 radical (unpaired) electrons. The van der Waals surface area contributed by atoms with E-state index in [1.165, 1.54) is 36.4 Å². The first-order chi connectivity index (χ1) is 13.2. The Morgan fingerprint density at radius 2 is 1.75 bits per heavy atom. The van der Waals surface area contributed by atoms with Crippen LogP contribution in [0.5, 0.6) is 0 Å². The van der Waals surface area contributed by atoms with Crippen molar-refractivity contribution in [3.63, 3.8) is 0 Å². The minimum absolute atomic E-state index is 0.0578. The summed E-state index contributed by atoms with van der Waals surface area (Å²) in [5.74, 6) is -0.0103. The lowest BCUT2D eigenvalue weighted by Gasteiger charge is -2.10. The Bertz CT molecular complexity index is 1190. The van der Waals surface area contributed by atoms with Crippen LogP contribution in [0, 0.1) is 10.1 Å². The lowest BCUT2D eigenvalue weighted by molar-refractivity contribution is -0.386. The summed E-state index contributed by atoms with van der Waals surface area (Å²) < 4.78 is 44.7. The summed E-state index contributed by atoms with van der Waals surface area (Å²) in [5.41, 5.74) is -4.46. The van der Waals surface area contributed by atoms with E-state index in [2.05, 4.69) is 4.98 Å². The first-order valence-electron chi connectivity index (χ1n) is 7.62. The third-order valence-electron chi connectivity index (χ3n) is 3.67. The third-order valence-corrected chi connectivity index (χ3v) is 3.67. The van der Waals surface area contributed by atoms with Crippen molar-refractivity contribution in [1.82, 2.24) is 9.97 Å². The van der Waals surface area contributed by atoms with E-state index in [1.54, 1.807) is 4.98 Å². The van der Waals surface area contributed by atoms with Gasteiger partial charge in [0, 0.05) is 5.56 Å². The maximum Gasteiger partial charge on any atom is 0.417 e. The number of H-pyrrole nitrogens is 2. The van der Waals surface area contributed by atoms with E-state index in [1.807, 2.05) is 0 Å². The number of aromatic nitrogens is 2. The minimum Gasteiger partial charge on any atom is -0.457 e. The highest BCUT2D eigenvalue weighted by atomic mass is 19.4. The predicted molar refractivity (Wildman–Crippen MR) is 92.4 cm³/mol. The molecule has 0 amide bonds. The number of hydrogen-bond donors (Lipinski definition) is 2. The number of benzene rings is 1.